The van der Waals surface area contributed by atoms with Crippen LogP contribution in [0.4, 0.5) is 0 Å². The maximum Gasteiger partial charge on any atom is 0.299 e. The average Bonchev–Trinajstić information content (AvgIpc) is 2.97. The molecule has 0 amide bonds. The van der Waals surface area contributed by atoms with Gasteiger partial charge in [0.15, 0.2) is 0 Å². The van der Waals surface area contributed by atoms with E-state index < -0.39 is 0 Å². The third-order valence-corrected chi connectivity index (χ3v) is 3.16. The van der Waals surface area contributed by atoms with Crippen molar-refractivity contribution >= 4 is 17.6 Å². The molecule has 5 nitrogen and oxygen atoms in total. The van der Waals surface area contributed by atoms with Gasteiger partial charge in [0.05, 0.1) is 17.7 Å². The number of aryl methyl sites for hydroxylation is 1. The summed E-state index contributed by atoms with van der Waals surface area (Å²) in [6.07, 6.45) is 6.21. The second-order valence-electron chi connectivity index (χ2n) is 5.50. The number of aromatic amines is 1. The summed E-state index contributed by atoms with van der Waals surface area (Å²) in [5.74, 6) is 0. The number of benzene rings is 1. The number of nitrogens with zero attached hydrogens (tertiary/aromatic N) is 2. The summed E-state index contributed by atoms with van der Waals surface area (Å²) in [4.78, 5) is 12.2. The highest BCUT2D eigenvalue weighted by molar-refractivity contribution is 5.92. The summed E-state index contributed by atoms with van der Waals surface area (Å²) in [7, 11) is 0. The normalized spacial score (nSPS) is 11.6. The largest absolute Gasteiger partial charge is 0.434 e. The Bertz CT molecular complexity index is 791. The van der Waals surface area contributed by atoms with E-state index >= 15 is 0 Å². The molecule has 2 aromatic rings. The predicted molar refractivity (Wildman–Crippen MR) is 99.7 cm³/mol. The van der Waals surface area contributed by atoms with Gasteiger partial charge in [0.25, 0.3) is 6.01 Å². The van der Waals surface area contributed by atoms with Crippen molar-refractivity contribution in [2.45, 2.75) is 27.7 Å². The molecular weight excluding hydrogens is 300 g/mol. The second kappa shape index (κ2) is 8.06. The molecule has 0 bridgehead atoms. The van der Waals surface area contributed by atoms with Gasteiger partial charge in [-0.1, -0.05) is 35.9 Å². The standard InChI is InChI=1S/C19H22N4O/c1-5-12-24-19-22-17(15-8-6-14(4)7-9-15)18(23-19)16(10-11-20)21-13(2)3/h5-12,20H,1-4H3,(H,22,23)/b12-5-,16-10-,20-11?. The predicted octanol–water partition coefficient (Wildman–Crippen LogP) is 4.77. The number of hydrogen-bond donors (Lipinski definition) is 2. The van der Waals surface area contributed by atoms with Crippen LogP contribution in [0.1, 0.15) is 32.0 Å². The minimum atomic E-state index is 0.388. The monoisotopic (exact) mass is 322 g/mol. The van der Waals surface area contributed by atoms with E-state index in [2.05, 4.69) is 15.0 Å². The summed E-state index contributed by atoms with van der Waals surface area (Å²) < 4.78 is 5.47. The number of ether oxygens (including phenoxy) is 1. The lowest BCUT2D eigenvalue weighted by Crippen LogP contribution is -1.91. The van der Waals surface area contributed by atoms with Crippen LogP contribution in [0.2, 0.25) is 0 Å². The number of rotatable bonds is 6. The Hall–Kier alpha value is -2.95. The molecule has 5 heteroatoms. The Morgan fingerprint density at radius 1 is 1.25 bits per heavy atom. The highest BCUT2D eigenvalue weighted by Crippen LogP contribution is 2.30. The van der Waals surface area contributed by atoms with Gasteiger partial charge in [-0.3, -0.25) is 4.99 Å². The molecular formula is C19H22N4O. The van der Waals surface area contributed by atoms with Crippen molar-refractivity contribution in [3.05, 3.63) is 53.9 Å². The van der Waals surface area contributed by atoms with E-state index in [1.807, 2.05) is 52.0 Å². The van der Waals surface area contributed by atoms with E-state index in [0.717, 1.165) is 22.7 Å². The fourth-order valence-corrected chi connectivity index (χ4v) is 2.14. The first-order chi connectivity index (χ1) is 11.5. The van der Waals surface area contributed by atoms with Crippen LogP contribution < -0.4 is 4.74 Å². The van der Waals surface area contributed by atoms with Gasteiger partial charge >= 0.3 is 0 Å². The number of hydrogen-bond acceptors (Lipinski definition) is 4. The molecule has 1 aromatic heterocycles. The Labute approximate surface area is 142 Å². The Kier molecular flexibility index (Phi) is 5.84. The molecule has 24 heavy (non-hydrogen) atoms. The van der Waals surface area contributed by atoms with Crippen LogP contribution >= 0.6 is 0 Å². The van der Waals surface area contributed by atoms with E-state index in [4.69, 9.17) is 10.1 Å². The molecule has 0 saturated heterocycles. The average molecular weight is 322 g/mol. The highest BCUT2D eigenvalue weighted by atomic mass is 16.5. The van der Waals surface area contributed by atoms with Crippen molar-refractivity contribution in [3.63, 3.8) is 0 Å². The van der Waals surface area contributed by atoms with Gasteiger partial charge in [0.1, 0.15) is 5.69 Å². The van der Waals surface area contributed by atoms with Crippen LogP contribution in [0.25, 0.3) is 17.0 Å². The lowest BCUT2D eigenvalue weighted by molar-refractivity contribution is 0.445. The molecule has 0 aliphatic rings. The number of imidazole rings is 1. The molecule has 0 saturated carbocycles. The van der Waals surface area contributed by atoms with Crippen LogP contribution in [0.3, 0.4) is 0 Å². The SMILES string of the molecule is C/C=C\Oc1nc(-c2ccc(C)cc2)c(/C(=C/C=N)N=C(C)C)[nH]1. The van der Waals surface area contributed by atoms with Crippen molar-refractivity contribution in [1.82, 2.24) is 9.97 Å². The molecule has 2 rings (SSSR count). The Morgan fingerprint density at radius 2 is 1.96 bits per heavy atom. The van der Waals surface area contributed by atoms with Gasteiger partial charge in [-0.2, -0.15) is 4.98 Å². The number of allylic oxidation sites excluding steroid dienone is 2. The van der Waals surface area contributed by atoms with Gasteiger partial charge in [0.2, 0.25) is 0 Å². The van der Waals surface area contributed by atoms with Crippen LogP contribution in [-0.2, 0) is 0 Å². The van der Waals surface area contributed by atoms with Crippen molar-refractivity contribution in [2.75, 3.05) is 0 Å². The smallest absolute Gasteiger partial charge is 0.299 e. The molecule has 124 valence electrons. The van der Waals surface area contributed by atoms with E-state index in [-0.39, 0.29) is 0 Å². The third-order valence-electron chi connectivity index (χ3n) is 3.16. The van der Waals surface area contributed by atoms with E-state index in [1.54, 1.807) is 18.4 Å². The van der Waals surface area contributed by atoms with Gasteiger partial charge in [-0.05, 0) is 33.8 Å². The number of aliphatic imine (C=N–C) groups is 1. The molecule has 0 unspecified atom stereocenters. The van der Waals surface area contributed by atoms with Crippen LogP contribution in [0, 0.1) is 12.3 Å². The number of nitrogens with one attached hydrogen (secondary N) is 2. The first-order valence-corrected chi connectivity index (χ1v) is 7.73. The van der Waals surface area contributed by atoms with Crippen molar-refractivity contribution in [1.29, 1.82) is 5.41 Å². The molecule has 0 spiro atoms. The number of aromatic nitrogens is 2. The zero-order valence-corrected chi connectivity index (χ0v) is 14.4. The second-order valence-corrected chi connectivity index (χ2v) is 5.50. The maximum atomic E-state index is 7.40. The van der Waals surface area contributed by atoms with Crippen LogP contribution in [0.5, 0.6) is 6.01 Å². The molecule has 0 fully saturated rings. The maximum absolute atomic E-state index is 7.40. The zero-order valence-electron chi connectivity index (χ0n) is 14.4. The van der Waals surface area contributed by atoms with E-state index in [0.29, 0.717) is 11.7 Å². The van der Waals surface area contributed by atoms with Gasteiger partial charge < -0.3 is 15.1 Å². The molecule has 0 radical (unpaired) electrons. The fourth-order valence-electron chi connectivity index (χ4n) is 2.14. The lowest BCUT2D eigenvalue weighted by atomic mass is 10.1. The Morgan fingerprint density at radius 3 is 2.54 bits per heavy atom. The third kappa shape index (κ3) is 4.29. The zero-order chi connectivity index (χ0) is 17.5. The van der Waals surface area contributed by atoms with E-state index in [9.17, 15) is 0 Å². The quantitative estimate of drug-likeness (QED) is 0.594. The summed E-state index contributed by atoms with van der Waals surface area (Å²) in [6, 6.07) is 8.49. The summed E-state index contributed by atoms with van der Waals surface area (Å²) >= 11 is 0. The minimum absolute atomic E-state index is 0.388. The van der Waals surface area contributed by atoms with Gasteiger partial charge in [-0.15, -0.1) is 0 Å². The van der Waals surface area contributed by atoms with Gasteiger partial charge in [0, 0.05) is 17.5 Å². The molecule has 0 aliphatic heterocycles. The minimum Gasteiger partial charge on any atom is -0.434 e. The summed E-state index contributed by atoms with van der Waals surface area (Å²) in [5, 5.41) is 7.40. The van der Waals surface area contributed by atoms with Crippen LogP contribution in [-0.4, -0.2) is 21.9 Å². The topological polar surface area (TPSA) is 74.1 Å². The molecule has 0 aliphatic carbocycles. The number of H-pyrrole nitrogens is 1. The fraction of sp³-hybridized carbons (Fsp3) is 0.211. The van der Waals surface area contributed by atoms with Crippen LogP contribution in [0.15, 0.2) is 47.7 Å². The van der Waals surface area contributed by atoms with Crippen molar-refractivity contribution < 1.29 is 4.74 Å². The first-order valence-electron chi connectivity index (χ1n) is 7.73. The van der Waals surface area contributed by atoms with Gasteiger partial charge in [-0.25, -0.2) is 0 Å². The molecule has 2 N–H and O–H groups in total. The first kappa shape index (κ1) is 17.4. The summed E-state index contributed by atoms with van der Waals surface area (Å²) in [6.45, 7) is 7.74. The Balaban J connectivity index is 2.60. The highest BCUT2D eigenvalue weighted by Gasteiger charge is 2.16. The molecule has 1 heterocycles. The van der Waals surface area contributed by atoms with Crippen molar-refractivity contribution in [2.24, 2.45) is 4.99 Å². The summed E-state index contributed by atoms with van der Waals surface area (Å²) in [5.41, 5.74) is 5.14. The molecule has 0 atom stereocenters. The lowest BCUT2D eigenvalue weighted by Gasteiger charge is -2.04. The van der Waals surface area contributed by atoms with E-state index in [1.165, 1.54) is 11.8 Å². The molecule has 1 aromatic carbocycles. The van der Waals surface area contributed by atoms with Crippen molar-refractivity contribution in [3.8, 4) is 17.3 Å².